The van der Waals surface area contributed by atoms with Gasteiger partial charge in [0.15, 0.2) is 0 Å². The van der Waals surface area contributed by atoms with Crippen molar-refractivity contribution in [3.8, 4) is 5.69 Å². The second kappa shape index (κ2) is 9.89. The molecule has 2 aromatic heterocycles. The van der Waals surface area contributed by atoms with Gasteiger partial charge in [-0.2, -0.15) is 0 Å². The number of imidazole rings is 1. The van der Waals surface area contributed by atoms with Gasteiger partial charge >= 0.3 is 0 Å². The van der Waals surface area contributed by atoms with E-state index in [2.05, 4.69) is 15.6 Å². The summed E-state index contributed by atoms with van der Waals surface area (Å²) in [6, 6.07) is 10.6. The lowest BCUT2D eigenvalue weighted by molar-refractivity contribution is -0.113. The minimum absolute atomic E-state index is 0.103. The molecule has 0 aliphatic rings. The molecule has 0 saturated heterocycles. The zero-order valence-corrected chi connectivity index (χ0v) is 17.8. The van der Waals surface area contributed by atoms with Crippen LogP contribution in [0.3, 0.4) is 0 Å². The molecule has 152 valence electrons. The molecule has 0 atom stereocenters. The summed E-state index contributed by atoms with van der Waals surface area (Å²) in [7, 11) is 1.59. The SMILES string of the molecule is COCc1nc(CNC(=O)c2ccc(Cl)s2)cn1-c1ccc(NC(=O)CCl)cc1. The van der Waals surface area contributed by atoms with E-state index < -0.39 is 0 Å². The fraction of sp³-hybridized carbons (Fsp3) is 0.211. The quantitative estimate of drug-likeness (QED) is 0.508. The lowest BCUT2D eigenvalue weighted by atomic mass is 10.2. The Balaban J connectivity index is 1.74. The first-order valence-electron chi connectivity index (χ1n) is 8.56. The van der Waals surface area contributed by atoms with Crippen LogP contribution in [0.2, 0.25) is 4.34 Å². The van der Waals surface area contributed by atoms with Gasteiger partial charge < -0.3 is 19.9 Å². The highest BCUT2D eigenvalue weighted by Gasteiger charge is 2.13. The number of methoxy groups -OCH3 is 1. The topological polar surface area (TPSA) is 85.2 Å². The molecule has 10 heteroatoms. The molecule has 0 bridgehead atoms. The van der Waals surface area contributed by atoms with Crippen LogP contribution in [0.15, 0.2) is 42.6 Å². The fourth-order valence-corrected chi connectivity index (χ4v) is 3.63. The Morgan fingerprint density at radius 2 is 1.97 bits per heavy atom. The molecule has 29 heavy (non-hydrogen) atoms. The van der Waals surface area contributed by atoms with Gasteiger partial charge in [0.2, 0.25) is 5.91 Å². The molecule has 0 spiro atoms. The van der Waals surface area contributed by atoms with Crippen LogP contribution in [0.1, 0.15) is 21.2 Å². The number of halogens is 2. The van der Waals surface area contributed by atoms with E-state index in [1.165, 1.54) is 11.3 Å². The van der Waals surface area contributed by atoms with Crippen LogP contribution in [0.25, 0.3) is 5.69 Å². The number of rotatable bonds is 8. The number of carbonyl (C=O) groups is 2. The number of aromatic nitrogens is 2. The first kappa shape index (κ1) is 21.3. The largest absolute Gasteiger partial charge is 0.377 e. The van der Waals surface area contributed by atoms with Gasteiger partial charge in [0, 0.05) is 24.7 Å². The summed E-state index contributed by atoms with van der Waals surface area (Å²) in [5, 5.41) is 5.52. The Morgan fingerprint density at radius 1 is 1.21 bits per heavy atom. The van der Waals surface area contributed by atoms with Crippen molar-refractivity contribution in [1.82, 2.24) is 14.9 Å². The van der Waals surface area contributed by atoms with Gasteiger partial charge in [0.05, 0.1) is 21.5 Å². The van der Waals surface area contributed by atoms with Crippen molar-refractivity contribution in [2.45, 2.75) is 13.2 Å². The van der Waals surface area contributed by atoms with Crippen molar-refractivity contribution in [3.05, 3.63) is 63.3 Å². The second-order valence-electron chi connectivity index (χ2n) is 5.97. The molecule has 0 aliphatic carbocycles. The predicted octanol–water partition coefficient (Wildman–Crippen LogP) is 3.84. The number of benzene rings is 1. The molecular formula is C19H18Cl2N4O3S. The molecule has 3 aromatic rings. The third-order valence-corrected chi connectivity index (χ3v) is 5.35. The van der Waals surface area contributed by atoms with Crippen molar-refractivity contribution < 1.29 is 14.3 Å². The molecule has 0 fully saturated rings. The van der Waals surface area contributed by atoms with Crippen LogP contribution < -0.4 is 10.6 Å². The predicted molar refractivity (Wildman–Crippen MR) is 114 cm³/mol. The zero-order valence-electron chi connectivity index (χ0n) is 15.4. The third kappa shape index (κ3) is 5.57. The van der Waals surface area contributed by atoms with Crippen LogP contribution in [0.5, 0.6) is 0 Å². The summed E-state index contributed by atoms with van der Waals surface area (Å²) in [6.45, 7) is 0.571. The van der Waals surface area contributed by atoms with Gasteiger partial charge in [-0.05, 0) is 36.4 Å². The summed E-state index contributed by atoms with van der Waals surface area (Å²) >= 11 is 12.6. The van der Waals surface area contributed by atoms with E-state index in [-0.39, 0.29) is 24.2 Å². The van der Waals surface area contributed by atoms with E-state index >= 15 is 0 Å². The van der Waals surface area contributed by atoms with Crippen molar-refractivity contribution in [2.24, 2.45) is 0 Å². The molecule has 1 aromatic carbocycles. The maximum Gasteiger partial charge on any atom is 0.261 e. The van der Waals surface area contributed by atoms with Crippen LogP contribution in [0, 0.1) is 0 Å². The first-order chi connectivity index (χ1) is 14.0. The zero-order chi connectivity index (χ0) is 20.8. The summed E-state index contributed by atoms with van der Waals surface area (Å²) in [6.07, 6.45) is 1.84. The van der Waals surface area contributed by atoms with Crippen LogP contribution in [-0.4, -0.2) is 34.4 Å². The summed E-state index contributed by atoms with van der Waals surface area (Å²) < 4.78 is 7.67. The minimum atomic E-state index is -0.271. The standard InChI is InChI=1S/C19H18Cl2N4O3S/c1-28-11-17-23-13(9-22-19(27)15-6-7-16(21)29-15)10-25(17)14-4-2-12(3-5-14)24-18(26)8-20/h2-7,10H,8-9,11H2,1H3,(H,22,27)(H,24,26). The highest BCUT2D eigenvalue weighted by atomic mass is 35.5. The average molecular weight is 453 g/mol. The first-order valence-corrected chi connectivity index (χ1v) is 10.3. The maximum atomic E-state index is 12.2. The van der Waals surface area contributed by atoms with Gasteiger partial charge in [0.25, 0.3) is 5.91 Å². The highest BCUT2D eigenvalue weighted by molar-refractivity contribution is 7.17. The van der Waals surface area contributed by atoms with Crippen molar-refractivity contribution in [3.63, 3.8) is 0 Å². The molecule has 2 heterocycles. The fourth-order valence-electron chi connectivity index (χ4n) is 2.61. The molecule has 0 radical (unpaired) electrons. The van der Waals surface area contributed by atoms with Gasteiger partial charge in [0.1, 0.15) is 18.3 Å². The number of hydrogen-bond donors (Lipinski definition) is 2. The number of nitrogens with one attached hydrogen (secondary N) is 2. The molecule has 2 N–H and O–H groups in total. The van der Waals surface area contributed by atoms with E-state index in [0.717, 1.165) is 5.69 Å². The van der Waals surface area contributed by atoms with E-state index in [1.54, 1.807) is 31.4 Å². The lowest BCUT2D eigenvalue weighted by Gasteiger charge is -2.08. The number of hydrogen-bond acceptors (Lipinski definition) is 5. The molecule has 0 aliphatic heterocycles. The molecule has 3 rings (SSSR count). The van der Waals surface area contributed by atoms with Crippen LogP contribution >= 0.6 is 34.5 Å². The summed E-state index contributed by atoms with van der Waals surface area (Å²) in [4.78, 5) is 28.7. The average Bonchev–Trinajstić information content (AvgIpc) is 3.33. The van der Waals surface area contributed by atoms with E-state index in [1.807, 2.05) is 22.9 Å². The number of alkyl halides is 1. The van der Waals surface area contributed by atoms with Crippen molar-refractivity contribution in [1.29, 1.82) is 0 Å². The number of carbonyl (C=O) groups excluding carboxylic acids is 2. The smallest absolute Gasteiger partial charge is 0.261 e. The van der Waals surface area contributed by atoms with Gasteiger partial charge in [-0.25, -0.2) is 4.98 Å². The van der Waals surface area contributed by atoms with E-state index in [4.69, 9.17) is 27.9 Å². The molecular weight excluding hydrogens is 435 g/mol. The molecule has 7 nitrogen and oxygen atoms in total. The minimum Gasteiger partial charge on any atom is -0.377 e. The van der Waals surface area contributed by atoms with Crippen LogP contribution in [0.4, 0.5) is 5.69 Å². The molecule has 2 amide bonds. The van der Waals surface area contributed by atoms with E-state index in [0.29, 0.717) is 33.0 Å². The van der Waals surface area contributed by atoms with Crippen molar-refractivity contribution >= 4 is 52.0 Å². The Labute approximate surface area is 181 Å². The van der Waals surface area contributed by atoms with E-state index in [9.17, 15) is 9.59 Å². The Hall–Kier alpha value is -2.39. The number of anilines is 1. The Morgan fingerprint density at radius 3 is 2.59 bits per heavy atom. The van der Waals surface area contributed by atoms with Gasteiger partial charge in [-0.1, -0.05) is 11.6 Å². The number of amides is 2. The van der Waals surface area contributed by atoms with Gasteiger partial charge in [-0.15, -0.1) is 22.9 Å². The summed E-state index contributed by atoms with van der Waals surface area (Å²) in [5.41, 5.74) is 2.18. The normalized spacial score (nSPS) is 10.7. The van der Waals surface area contributed by atoms with Crippen LogP contribution in [-0.2, 0) is 22.7 Å². The maximum absolute atomic E-state index is 12.2. The summed E-state index contributed by atoms with van der Waals surface area (Å²) in [5.74, 6) is 0.110. The van der Waals surface area contributed by atoms with Gasteiger partial charge in [-0.3, -0.25) is 9.59 Å². The lowest BCUT2D eigenvalue weighted by Crippen LogP contribution is -2.21. The second-order valence-corrected chi connectivity index (χ2v) is 7.95. The number of ether oxygens (including phenoxy) is 1. The highest BCUT2D eigenvalue weighted by Crippen LogP contribution is 2.21. The molecule has 0 unspecified atom stereocenters. The monoisotopic (exact) mass is 452 g/mol. The number of thiophene rings is 1. The Bertz CT molecular complexity index is 1000. The molecule has 0 saturated carbocycles. The van der Waals surface area contributed by atoms with Crippen molar-refractivity contribution in [2.75, 3.05) is 18.3 Å². The third-order valence-electron chi connectivity index (χ3n) is 3.88. The number of nitrogens with zero attached hydrogens (tertiary/aromatic N) is 2. The Kier molecular flexibility index (Phi) is 7.27.